The van der Waals surface area contributed by atoms with Gasteiger partial charge >= 0.3 is 19.5 Å². The number of carbonyl (C=O) groups excluding carboxylic acids is 4. The molecule has 0 aliphatic rings. The molecule has 0 bridgehead atoms. The van der Waals surface area contributed by atoms with Gasteiger partial charge < -0.3 is 50.0 Å². The fraction of sp³-hybridized carbons (Fsp3) is 0.894. The highest BCUT2D eigenvalue weighted by atomic mass is 31.2. The van der Waals surface area contributed by atoms with E-state index in [9.17, 15) is 28.5 Å². The lowest BCUT2D eigenvalue weighted by molar-refractivity contribution is -0.159. The van der Waals surface area contributed by atoms with E-state index in [1.165, 1.54) is 51.4 Å². The van der Waals surface area contributed by atoms with Crippen molar-refractivity contribution in [3.05, 3.63) is 0 Å². The summed E-state index contributed by atoms with van der Waals surface area (Å²) in [7, 11) is -3.14. The number of amides is 3. The summed E-state index contributed by atoms with van der Waals surface area (Å²) < 4.78 is 41.4. The third-order valence-corrected chi connectivity index (χ3v) is 12.1. The Hall–Kier alpha value is -2.62. The van der Waals surface area contributed by atoms with Crippen LogP contribution in [0.1, 0.15) is 197 Å². The normalized spacial score (nSPS) is 13.3. The zero-order chi connectivity index (χ0) is 48.5. The van der Waals surface area contributed by atoms with Gasteiger partial charge in [-0.15, -0.1) is 0 Å². The van der Waals surface area contributed by atoms with Crippen molar-refractivity contribution in [2.75, 3.05) is 45.7 Å². The van der Waals surface area contributed by atoms with Gasteiger partial charge in [0.1, 0.15) is 24.3 Å². The maximum Gasteiger partial charge on any atom is 0.331 e. The molecule has 0 saturated heterocycles. The lowest BCUT2D eigenvalue weighted by atomic mass is 10.0. The van der Waals surface area contributed by atoms with E-state index in [2.05, 4.69) is 16.0 Å². The first-order chi connectivity index (χ1) is 29.9. The number of carboxylic acid groups (broad SMARTS) is 1. The molecule has 376 valence electrons. The second-order valence-corrected chi connectivity index (χ2v) is 21.8. The molecule has 0 aromatic rings. The molecule has 17 heteroatoms. The number of nitrogens with one attached hydrogen (secondary N) is 3. The second kappa shape index (κ2) is 34.7. The van der Waals surface area contributed by atoms with Gasteiger partial charge in [-0.1, -0.05) is 83.5 Å². The van der Waals surface area contributed by atoms with E-state index in [1.54, 1.807) is 20.8 Å². The van der Waals surface area contributed by atoms with Crippen LogP contribution in [0, 0.1) is 0 Å². The standard InChI is InChI=1S/C47H91N4O12P/c1-45(2,3)61-44(57)39(29-30-40(52)50-32-33-59-34-35-60-37-42(54)49-31-25-24-27-38(48)43(55)56)51-41(53)28-23-21-19-17-15-13-11-10-12-14-16-18-20-22-26-36-64(58,62-46(4,5)6)63-47(7,8)9/h38-39H,10-37,48H2,1-9H3,(H,49,54)(H,50,52)(H,51,53)(H,55,56)/t38-,39-/m0/s1. The molecule has 16 nitrogen and oxygen atoms in total. The van der Waals surface area contributed by atoms with Crippen LogP contribution in [-0.4, -0.2) is 109 Å². The number of rotatable bonds is 39. The van der Waals surface area contributed by atoms with Crippen LogP contribution in [0.4, 0.5) is 0 Å². The number of carbonyl (C=O) groups is 5. The molecule has 3 amide bonds. The average Bonchev–Trinajstić information content (AvgIpc) is 3.16. The summed E-state index contributed by atoms with van der Waals surface area (Å²) in [6, 6.07) is -1.83. The van der Waals surface area contributed by atoms with Crippen LogP contribution in [0.5, 0.6) is 0 Å². The Morgan fingerprint density at radius 1 is 0.547 bits per heavy atom. The molecule has 0 rings (SSSR count). The zero-order valence-electron chi connectivity index (χ0n) is 41.4. The van der Waals surface area contributed by atoms with Crippen molar-refractivity contribution < 1.29 is 56.9 Å². The molecular weight excluding hydrogens is 844 g/mol. The van der Waals surface area contributed by atoms with E-state index in [0.29, 0.717) is 38.4 Å². The molecule has 0 radical (unpaired) electrons. The van der Waals surface area contributed by atoms with Crippen molar-refractivity contribution in [1.29, 1.82) is 0 Å². The predicted molar refractivity (Wildman–Crippen MR) is 252 cm³/mol. The first kappa shape index (κ1) is 61.4. The van der Waals surface area contributed by atoms with Crippen LogP contribution in [0.3, 0.4) is 0 Å². The van der Waals surface area contributed by atoms with E-state index in [1.807, 2.05) is 41.5 Å². The molecule has 6 N–H and O–H groups in total. The largest absolute Gasteiger partial charge is 0.480 e. The van der Waals surface area contributed by atoms with Crippen molar-refractivity contribution >= 4 is 37.3 Å². The summed E-state index contributed by atoms with van der Waals surface area (Å²) in [4.78, 5) is 60.8. The molecule has 0 saturated carbocycles. The number of carboxylic acids is 1. The Balaban J connectivity index is 4.09. The summed E-state index contributed by atoms with van der Waals surface area (Å²) in [6.45, 7) is 17.9. The molecule has 2 atom stereocenters. The van der Waals surface area contributed by atoms with Gasteiger partial charge in [-0.3, -0.25) is 23.7 Å². The van der Waals surface area contributed by atoms with Gasteiger partial charge in [0.15, 0.2) is 0 Å². The van der Waals surface area contributed by atoms with Crippen LogP contribution >= 0.6 is 7.60 Å². The van der Waals surface area contributed by atoms with Crippen molar-refractivity contribution in [2.24, 2.45) is 5.73 Å². The maximum atomic E-state index is 13.3. The van der Waals surface area contributed by atoms with Crippen molar-refractivity contribution in [3.8, 4) is 0 Å². The minimum absolute atomic E-state index is 0.0177. The zero-order valence-corrected chi connectivity index (χ0v) is 42.3. The Morgan fingerprint density at radius 3 is 1.53 bits per heavy atom. The molecule has 0 aromatic heterocycles. The van der Waals surface area contributed by atoms with Crippen molar-refractivity contribution in [2.45, 2.75) is 226 Å². The van der Waals surface area contributed by atoms with Gasteiger partial charge in [0, 0.05) is 25.9 Å². The number of aliphatic carboxylic acids is 1. The first-order valence-corrected chi connectivity index (χ1v) is 25.8. The van der Waals surface area contributed by atoms with Gasteiger partial charge in [-0.25, -0.2) is 4.79 Å². The van der Waals surface area contributed by atoms with Crippen LogP contribution in [0.15, 0.2) is 0 Å². The topological polar surface area (TPSA) is 231 Å². The van der Waals surface area contributed by atoms with Gasteiger partial charge in [0.2, 0.25) is 17.7 Å². The molecule has 0 heterocycles. The summed E-state index contributed by atoms with van der Waals surface area (Å²) in [5.41, 5.74) is 3.69. The molecular formula is C47H91N4O12P. The summed E-state index contributed by atoms with van der Waals surface area (Å²) in [5, 5.41) is 17.0. The SMILES string of the molecule is CC(C)(C)OC(=O)[C@H](CCC(=O)NCCOCCOCC(=O)NCCCC[C@H](N)C(=O)O)NC(=O)CCCCCCCCCCCCCCCCCP(=O)(OC(C)(C)C)OC(C)(C)C. The smallest absolute Gasteiger partial charge is 0.331 e. The molecule has 0 aliphatic carbocycles. The molecule has 0 aromatic carbocycles. The molecule has 0 fully saturated rings. The Labute approximate surface area is 386 Å². The van der Waals surface area contributed by atoms with Crippen LogP contribution in [0.2, 0.25) is 0 Å². The van der Waals surface area contributed by atoms with E-state index in [-0.39, 0.29) is 63.5 Å². The molecule has 0 spiro atoms. The van der Waals surface area contributed by atoms with E-state index in [4.69, 9.17) is 34.1 Å². The maximum absolute atomic E-state index is 13.3. The predicted octanol–water partition coefficient (Wildman–Crippen LogP) is 8.51. The number of hydrogen-bond donors (Lipinski definition) is 5. The highest BCUT2D eigenvalue weighted by molar-refractivity contribution is 7.53. The second-order valence-electron chi connectivity index (χ2n) is 19.8. The third-order valence-electron chi connectivity index (χ3n) is 9.60. The Bertz CT molecular complexity index is 1330. The van der Waals surface area contributed by atoms with Gasteiger partial charge in [0.25, 0.3) is 0 Å². The molecule has 0 aliphatic heterocycles. The quantitative estimate of drug-likeness (QED) is 0.0221. The minimum Gasteiger partial charge on any atom is -0.480 e. The van der Waals surface area contributed by atoms with E-state index in [0.717, 1.165) is 44.9 Å². The number of nitrogens with two attached hydrogens (primary N) is 1. The number of unbranched alkanes of at least 4 members (excludes halogenated alkanes) is 15. The van der Waals surface area contributed by atoms with Crippen LogP contribution in [-0.2, 0) is 51.8 Å². The number of esters is 1. The first-order valence-electron chi connectivity index (χ1n) is 24.1. The monoisotopic (exact) mass is 935 g/mol. The van der Waals surface area contributed by atoms with Crippen LogP contribution in [0.25, 0.3) is 0 Å². The van der Waals surface area contributed by atoms with Gasteiger partial charge in [0.05, 0.1) is 37.2 Å². The number of ether oxygens (including phenoxy) is 3. The fourth-order valence-electron chi connectivity index (χ4n) is 6.62. The van der Waals surface area contributed by atoms with E-state index >= 15 is 0 Å². The molecule has 0 unspecified atom stereocenters. The molecule has 64 heavy (non-hydrogen) atoms. The van der Waals surface area contributed by atoms with E-state index < -0.39 is 48.4 Å². The van der Waals surface area contributed by atoms with Gasteiger partial charge in [-0.05, 0) is 101 Å². The number of hydrogen-bond acceptors (Lipinski definition) is 12. The van der Waals surface area contributed by atoms with Crippen LogP contribution < -0.4 is 21.7 Å². The summed E-state index contributed by atoms with van der Waals surface area (Å²) >= 11 is 0. The van der Waals surface area contributed by atoms with Gasteiger partial charge in [-0.2, -0.15) is 0 Å². The highest BCUT2D eigenvalue weighted by Gasteiger charge is 2.34. The third kappa shape index (κ3) is 39.7. The summed E-state index contributed by atoms with van der Waals surface area (Å²) in [6.07, 6.45) is 19.2. The Kier molecular flexibility index (Phi) is 33.2. The lowest BCUT2D eigenvalue weighted by Gasteiger charge is -2.32. The van der Waals surface area contributed by atoms with Crippen molar-refractivity contribution in [1.82, 2.24) is 16.0 Å². The lowest BCUT2D eigenvalue weighted by Crippen LogP contribution is -2.44. The highest BCUT2D eigenvalue weighted by Crippen LogP contribution is 2.55. The Morgan fingerprint density at radius 2 is 1.03 bits per heavy atom. The summed E-state index contributed by atoms with van der Waals surface area (Å²) in [5.74, 6) is -2.41. The van der Waals surface area contributed by atoms with Crippen molar-refractivity contribution in [3.63, 3.8) is 0 Å². The minimum atomic E-state index is -3.14. The fourth-order valence-corrected chi connectivity index (χ4v) is 9.12. The average molecular weight is 935 g/mol.